The van der Waals surface area contributed by atoms with Crippen molar-refractivity contribution in [1.29, 1.82) is 0 Å². The van der Waals surface area contributed by atoms with Gasteiger partial charge in [-0.2, -0.15) is 0 Å². The van der Waals surface area contributed by atoms with E-state index in [9.17, 15) is 4.79 Å². The molecule has 6 heteroatoms. The first-order valence-electron chi connectivity index (χ1n) is 9.73. The Kier molecular flexibility index (Phi) is 7.31. The first kappa shape index (κ1) is 20.6. The standard InChI is InChI=1S/C22H28ClN3O2/c1-25(2)20-9-5-18(6-10-20)21(26-11-13-28-14-12-26)16-24-22(27)15-17-3-7-19(23)8-4-17/h3-10,21H,11-16H2,1-2H3,(H,24,27)/p+1/t21-/m0/s1. The zero-order valence-electron chi connectivity index (χ0n) is 16.6. The van der Waals surface area contributed by atoms with Crippen LogP contribution in [0.5, 0.6) is 0 Å². The fraction of sp³-hybridized carbons (Fsp3) is 0.409. The first-order chi connectivity index (χ1) is 13.5. The van der Waals surface area contributed by atoms with Crippen molar-refractivity contribution in [3.05, 3.63) is 64.7 Å². The Morgan fingerprint density at radius 2 is 1.75 bits per heavy atom. The lowest BCUT2D eigenvalue weighted by Gasteiger charge is -2.32. The van der Waals surface area contributed by atoms with Gasteiger partial charge in [0.25, 0.3) is 0 Å². The van der Waals surface area contributed by atoms with Crippen molar-refractivity contribution >= 4 is 23.2 Å². The van der Waals surface area contributed by atoms with E-state index in [1.54, 1.807) is 0 Å². The summed E-state index contributed by atoms with van der Waals surface area (Å²) < 4.78 is 5.52. The van der Waals surface area contributed by atoms with Gasteiger partial charge in [0, 0.05) is 30.4 Å². The lowest BCUT2D eigenvalue weighted by atomic mass is 10.0. The van der Waals surface area contributed by atoms with Crippen LogP contribution in [0.3, 0.4) is 0 Å². The van der Waals surface area contributed by atoms with Crippen LogP contribution in [0, 0.1) is 0 Å². The summed E-state index contributed by atoms with van der Waals surface area (Å²) in [5.41, 5.74) is 3.38. The zero-order chi connectivity index (χ0) is 19.9. The summed E-state index contributed by atoms with van der Waals surface area (Å²) in [5, 5.41) is 3.82. The molecule has 0 saturated carbocycles. The lowest BCUT2D eigenvalue weighted by Crippen LogP contribution is -3.15. The van der Waals surface area contributed by atoms with E-state index < -0.39 is 0 Å². The smallest absolute Gasteiger partial charge is 0.224 e. The van der Waals surface area contributed by atoms with Crippen LogP contribution in [-0.4, -0.2) is 52.9 Å². The number of nitrogens with zero attached hydrogens (tertiary/aromatic N) is 1. The molecule has 0 bridgehead atoms. The van der Waals surface area contributed by atoms with Gasteiger partial charge in [0.1, 0.15) is 19.1 Å². The van der Waals surface area contributed by atoms with Gasteiger partial charge >= 0.3 is 0 Å². The van der Waals surface area contributed by atoms with E-state index in [1.807, 2.05) is 38.4 Å². The second-order valence-corrected chi connectivity index (χ2v) is 7.85. The number of halogens is 1. The van der Waals surface area contributed by atoms with Gasteiger partial charge in [0.2, 0.25) is 5.91 Å². The van der Waals surface area contributed by atoms with Crippen molar-refractivity contribution in [2.45, 2.75) is 12.5 Å². The largest absolute Gasteiger partial charge is 0.378 e. The Morgan fingerprint density at radius 1 is 1.11 bits per heavy atom. The highest BCUT2D eigenvalue weighted by atomic mass is 35.5. The molecule has 0 aromatic heterocycles. The number of benzene rings is 2. The molecule has 1 aliphatic rings. The molecular formula is C22H29ClN3O2+. The number of hydrogen-bond acceptors (Lipinski definition) is 3. The van der Waals surface area contributed by atoms with Crippen LogP contribution in [0.15, 0.2) is 48.5 Å². The van der Waals surface area contributed by atoms with E-state index in [1.165, 1.54) is 16.2 Å². The van der Waals surface area contributed by atoms with Gasteiger partial charge in [-0.15, -0.1) is 0 Å². The zero-order valence-corrected chi connectivity index (χ0v) is 17.3. The minimum Gasteiger partial charge on any atom is -0.378 e. The third kappa shape index (κ3) is 5.71. The van der Waals surface area contributed by atoms with Crippen molar-refractivity contribution in [1.82, 2.24) is 5.32 Å². The molecule has 1 saturated heterocycles. The number of carbonyl (C=O) groups is 1. The van der Waals surface area contributed by atoms with Crippen LogP contribution in [0.4, 0.5) is 5.69 Å². The maximum atomic E-state index is 12.5. The van der Waals surface area contributed by atoms with Crippen LogP contribution in [0.1, 0.15) is 17.2 Å². The minimum atomic E-state index is 0.0323. The number of carbonyl (C=O) groups excluding carboxylic acids is 1. The summed E-state index contributed by atoms with van der Waals surface area (Å²) in [5.74, 6) is 0.0323. The van der Waals surface area contributed by atoms with Crippen molar-refractivity contribution in [2.75, 3.05) is 51.8 Å². The topological polar surface area (TPSA) is 46.0 Å². The van der Waals surface area contributed by atoms with Gasteiger partial charge in [-0.3, -0.25) is 4.79 Å². The highest BCUT2D eigenvalue weighted by molar-refractivity contribution is 6.30. The number of rotatable bonds is 7. The summed E-state index contributed by atoms with van der Waals surface area (Å²) in [4.78, 5) is 16.0. The maximum absolute atomic E-state index is 12.5. The number of hydrogen-bond donors (Lipinski definition) is 2. The first-order valence-corrected chi connectivity index (χ1v) is 10.1. The molecule has 3 rings (SSSR count). The molecule has 0 aliphatic carbocycles. The van der Waals surface area contributed by atoms with Crippen LogP contribution in [0.25, 0.3) is 0 Å². The number of morpholine rings is 1. The highest BCUT2D eigenvalue weighted by Crippen LogP contribution is 2.16. The average molecular weight is 403 g/mol. The quantitative estimate of drug-likeness (QED) is 0.741. The summed E-state index contributed by atoms with van der Waals surface area (Å²) in [7, 11) is 4.08. The number of quaternary nitrogens is 1. The lowest BCUT2D eigenvalue weighted by molar-refractivity contribution is -0.937. The predicted octanol–water partition coefficient (Wildman–Crippen LogP) is 1.72. The van der Waals surface area contributed by atoms with Crippen molar-refractivity contribution < 1.29 is 14.4 Å². The second-order valence-electron chi connectivity index (χ2n) is 7.42. The number of amides is 1. The van der Waals surface area contributed by atoms with Crippen molar-refractivity contribution in [3.8, 4) is 0 Å². The third-order valence-corrected chi connectivity index (χ3v) is 5.47. The molecule has 0 spiro atoms. The Balaban J connectivity index is 1.66. The molecule has 1 aliphatic heterocycles. The van der Waals surface area contributed by atoms with Gasteiger partial charge in [-0.05, 0) is 29.8 Å². The molecular weight excluding hydrogens is 374 g/mol. The summed E-state index contributed by atoms with van der Waals surface area (Å²) in [6.45, 7) is 4.05. The second kappa shape index (κ2) is 9.92. The Bertz CT molecular complexity index is 756. The summed E-state index contributed by atoms with van der Waals surface area (Å²) in [6, 6.07) is 16.3. The summed E-state index contributed by atoms with van der Waals surface area (Å²) in [6.07, 6.45) is 0.363. The molecule has 1 heterocycles. The fourth-order valence-corrected chi connectivity index (χ4v) is 3.68. The van der Waals surface area contributed by atoms with Gasteiger partial charge in [0.05, 0.1) is 26.2 Å². The molecule has 150 valence electrons. The van der Waals surface area contributed by atoms with E-state index >= 15 is 0 Å². The van der Waals surface area contributed by atoms with Crippen molar-refractivity contribution in [2.24, 2.45) is 0 Å². The molecule has 0 radical (unpaired) electrons. The minimum absolute atomic E-state index is 0.0323. The Hall–Kier alpha value is -2.08. The average Bonchev–Trinajstić information content (AvgIpc) is 2.71. The number of anilines is 1. The highest BCUT2D eigenvalue weighted by Gasteiger charge is 2.27. The van der Waals surface area contributed by atoms with Crippen LogP contribution in [0.2, 0.25) is 5.02 Å². The molecule has 1 fully saturated rings. The molecule has 2 aromatic rings. The Labute approximate surface area is 172 Å². The van der Waals surface area contributed by atoms with Crippen LogP contribution < -0.4 is 15.1 Å². The van der Waals surface area contributed by atoms with Gasteiger partial charge in [-0.25, -0.2) is 0 Å². The molecule has 1 amide bonds. The predicted molar refractivity (Wildman–Crippen MR) is 113 cm³/mol. The summed E-state index contributed by atoms with van der Waals surface area (Å²) >= 11 is 5.92. The molecule has 2 aromatic carbocycles. The monoisotopic (exact) mass is 402 g/mol. The number of ether oxygens (including phenoxy) is 1. The van der Waals surface area contributed by atoms with E-state index in [0.29, 0.717) is 18.0 Å². The molecule has 5 nitrogen and oxygen atoms in total. The van der Waals surface area contributed by atoms with Crippen LogP contribution >= 0.6 is 11.6 Å². The van der Waals surface area contributed by atoms with Crippen LogP contribution in [-0.2, 0) is 16.0 Å². The third-order valence-electron chi connectivity index (χ3n) is 5.22. The van der Waals surface area contributed by atoms with E-state index in [0.717, 1.165) is 31.9 Å². The Morgan fingerprint density at radius 3 is 2.36 bits per heavy atom. The molecule has 0 unspecified atom stereocenters. The maximum Gasteiger partial charge on any atom is 0.224 e. The van der Waals surface area contributed by atoms with Gasteiger partial charge in [-0.1, -0.05) is 35.9 Å². The van der Waals surface area contributed by atoms with Gasteiger partial charge in [0.15, 0.2) is 0 Å². The fourth-order valence-electron chi connectivity index (χ4n) is 3.55. The number of nitrogens with one attached hydrogen (secondary N) is 2. The van der Waals surface area contributed by atoms with Crippen molar-refractivity contribution in [3.63, 3.8) is 0 Å². The molecule has 1 atom stereocenters. The molecule has 2 N–H and O–H groups in total. The normalized spacial score (nSPS) is 15.8. The molecule has 28 heavy (non-hydrogen) atoms. The van der Waals surface area contributed by atoms with E-state index in [2.05, 4.69) is 34.5 Å². The SMILES string of the molecule is CN(C)c1ccc([C@H](CNC(=O)Cc2ccc(Cl)cc2)[NH+]2CCOCC2)cc1. The van der Waals surface area contributed by atoms with E-state index in [-0.39, 0.29) is 11.9 Å². The van der Waals surface area contributed by atoms with Gasteiger partial charge < -0.3 is 19.9 Å². The van der Waals surface area contributed by atoms with E-state index in [4.69, 9.17) is 16.3 Å².